The Kier molecular flexibility index (Phi) is 6.81. The number of aliphatic hydroxyl groups is 2. The van der Waals surface area contributed by atoms with Gasteiger partial charge in [-0.15, -0.1) is 0 Å². The maximum Gasteiger partial charge on any atom is 0.251 e. The topological polar surface area (TPSA) is 113 Å². The van der Waals surface area contributed by atoms with Gasteiger partial charge in [-0.05, 0) is 42.3 Å². The molecule has 0 fully saturated rings. The van der Waals surface area contributed by atoms with Gasteiger partial charge < -0.3 is 20.3 Å². The summed E-state index contributed by atoms with van der Waals surface area (Å²) in [6, 6.07) is 10.5. The standard InChI is InChI=1S/C20H21NO6/c1-12(24)19(17(25)11-23)21-20(26)14-5-3-13(4-6-14)15-7-8-18(27-2)16(9-15)10-22/h3-10,12,19,23-24H,11H2,1-2H3,(H,21,26)/t12-,19+/m1/s1. The van der Waals surface area contributed by atoms with Crippen LogP contribution in [-0.2, 0) is 4.79 Å². The smallest absolute Gasteiger partial charge is 0.251 e. The van der Waals surface area contributed by atoms with E-state index in [9.17, 15) is 19.5 Å². The molecule has 0 heterocycles. The molecule has 0 saturated heterocycles. The van der Waals surface area contributed by atoms with Crippen molar-refractivity contribution >= 4 is 18.0 Å². The van der Waals surface area contributed by atoms with Crippen LogP contribution in [0.3, 0.4) is 0 Å². The van der Waals surface area contributed by atoms with Crippen LogP contribution in [0.2, 0.25) is 0 Å². The van der Waals surface area contributed by atoms with Crippen LogP contribution in [0.4, 0.5) is 0 Å². The van der Waals surface area contributed by atoms with Crippen molar-refractivity contribution in [3.05, 3.63) is 53.6 Å². The van der Waals surface area contributed by atoms with Crippen molar-refractivity contribution in [2.45, 2.75) is 19.1 Å². The average molecular weight is 371 g/mol. The van der Waals surface area contributed by atoms with Crippen LogP contribution in [0.1, 0.15) is 27.6 Å². The number of rotatable bonds is 8. The Balaban J connectivity index is 2.20. The molecular weight excluding hydrogens is 350 g/mol. The number of ketones is 1. The van der Waals surface area contributed by atoms with Gasteiger partial charge in [-0.1, -0.05) is 18.2 Å². The van der Waals surface area contributed by atoms with Crippen LogP contribution in [0.25, 0.3) is 11.1 Å². The van der Waals surface area contributed by atoms with Crippen LogP contribution in [0, 0.1) is 0 Å². The summed E-state index contributed by atoms with van der Waals surface area (Å²) in [6.07, 6.45) is -0.424. The Labute approximate surface area is 156 Å². The van der Waals surface area contributed by atoms with E-state index in [1.807, 2.05) is 0 Å². The Hall–Kier alpha value is -3.03. The molecule has 2 rings (SSSR count). The number of carbonyl (C=O) groups is 3. The summed E-state index contributed by atoms with van der Waals surface area (Å²) >= 11 is 0. The molecule has 7 nitrogen and oxygen atoms in total. The normalized spacial score (nSPS) is 12.7. The lowest BCUT2D eigenvalue weighted by Crippen LogP contribution is -2.48. The predicted molar refractivity (Wildman–Crippen MR) is 98.8 cm³/mol. The zero-order valence-electron chi connectivity index (χ0n) is 15.0. The summed E-state index contributed by atoms with van der Waals surface area (Å²) in [7, 11) is 1.48. The number of amides is 1. The Morgan fingerprint density at radius 2 is 1.78 bits per heavy atom. The lowest BCUT2D eigenvalue weighted by Gasteiger charge is -2.19. The molecule has 0 aliphatic carbocycles. The fraction of sp³-hybridized carbons (Fsp3) is 0.250. The third-order valence-corrected chi connectivity index (χ3v) is 4.11. The number of benzene rings is 2. The second kappa shape index (κ2) is 9.07. The third-order valence-electron chi connectivity index (χ3n) is 4.11. The summed E-state index contributed by atoms with van der Waals surface area (Å²) in [5, 5.41) is 21.0. The molecule has 1 amide bonds. The fourth-order valence-electron chi connectivity index (χ4n) is 2.61. The molecule has 0 spiro atoms. The minimum atomic E-state index is -1.18. The number of hydrogen-bond acceptors (Lipinski definition) is 6. The molecule has 0 unspecified atom stereocenters. The van der Waals surface area contributed by atoms with E-state index < -0.39 is 30.4 Å². The van der Waals surface area contributed by atoms with Crippen LogP contribution < -0.4 is 10.1 Å². The van der Waals surface area contributed by atoms with E-state index in [0.29, 0.717) is 23.2 Å². The minimum Gasteiger partial charge on any atom is -0.496 e. The fourth-order valence-corrected chi connectivity index (χ4v) is 2.61. The van der Waals surface area contributed by atoms with Crippen LogP contribution in [-0.4, -0.2) is 54.1 Å². The first kappa shape index (κ1) is 20.3. The van der Waals surface area contributed by atoms with Gasteiger partial charge in [-0.25, -0.2) is 0 Å². The van der Waals surface area contributed by atoms with E-state index in [-0.39, 0.29) is 0 Å². The first-order valence-electron chi connectivity index (χ1n) is 8.27. The number of Topliss-reactive ketones (excluding diaryl/α,β-unsaturated/α-hetero) is 1. The first-order chi connectivity index (χ1) is 12.9. The van der Waals surface area contributed by atoms with Gasteiger partial charge in [0.1, 0.15) is 18.4 Å². The zero-order valence-corrected chi connectivity index (χ0v) is 15.0. The highest BCUT2D eigenvalue weighted by Crippen LogP contribution is 2.26. The van der Waals surface area contributed by atoms with Gasteiger partial charge in [-0.3, -0.25) is 14.4 Å². The maximum atomic E-state index is 12.3. The molecule has 0 saturated carbocycles. The van der Waals surface area contributed by atoms with E-state index >= 15 is 0 Å². The Bertz CT molecular complexity index is 829. The van der Waals surface area contributed by atoms with Crippen LogP contribution in [0.5, 0.6) is 5.75 Å². The van der Waals surface area contributed by atoms with Gasteiger partial charge in [0.2, 0.25) is 0 Å². The van der Waals surface area contributed by atoms with Gasteiger partial charge in [0.25, 0.3) is 5.91 Å². The van der Waals surface area contributed by atoms with Crippen molar-refractivity contribution in [2.24, 2.45) is 0 Å². The van der Waals surface area contributed by atoms with Crippen molar-refractivity contribution in [3.8, 4) is 16.9 Å². The minimum absolute atomic E-state index is 0.291. The molecule has 0 radical (unpaired) electrons. The Morgan fingerprint density at radius 3 is 2.30 bits per heavy atom. The lowest BCUT2D eigenvalue weighted by atomic mass is 10.0. The van der Waals surface area contributed by atoms with Gasteiger partial charge in [0.15, 0.2) is 12.1 Å². The Morgan fingerprint density at radius 1 is 1.15 bits per heavy atom. The van der Waals surface area contributed by atoms with E-state index in [2.05, 4.69) is 5.32 Å². The quantitative estimate of drug-likeness (QED) is 0.601. The molecule has 3 N–H and O–H groups in total. The molecule has 2 atom stereocenters. The lowest BCUT2D eigenvalue weighted by molar-refractivity contribution is -0.125. The SMILES string of the molecule is COc1ccc(-c2ccc(C(=O)N[C@H](C(=O)CO)[C@@H](C)O)cc2)cc1C=O. The molecule has 0 aliphatic heterocycles. The number of hydrogen-bond donors (Lipinski definition) is 3. The van der Waals surface area contributed by atoms with Crippen molar-refractivity contribution in [1.29, 1.82) is 0 Å². The highest BCUT2D eigenvalue weighted by atomic mass is 16.5. The number of aliphatic hydroxyl groups excluding tert-OH is 2. The maximum absolute atomic E-state index is 12.3. The van der Waals surface area contributed by atoms with E-state index in [1.54, 1.807) is 42.5 Å². The number of methoxy groups -OCH3 is 1. The summed E-state index contributed by atoms with van der Waals surface area (Å²) in [4.78, 5) is 35.1. The van der Waals surface area contributed by atoms with E-state index in [4.69, 9.17) is 9.84 Å². The monoisotopic (exact) mass is 371 g/mol. The molecule has 0 bridgehead atoms. The highest BCUT2D eigenvalue weighted by Gasteiger charge is 2.25. The second-order valence-corrected chi connectivity index (χ2v) is 5.97. The van der Waals surface area contributed by atoms with Crippen LogP contribution in [0.15, 0.2) is 42.5 Å². The third kappa shape index (κ3) is 4.78. The van der Waals surface area contributed by atoms with Crippen LogP contribution >= 0.6 is 0 Å². The highest BCUT2D eigenvalue weighted by molar-refractivity contribution is 5.98. The molecule has 7 heteroatoms. The van der Waals surface area contributed by atoms with Gasteiger partial charge >= 0.3 is 0 Å². The molecular formula is C20H21NO6. The second-order valence-electron chi connectivity index (χ2n) is 5.97. The van der Waals surface area contributed by atoms with Crippen molar-refractivity contribution in [1.82, 2.24) is 5.32 Å². The summed E-state index contributed by atoms with van der Waals surface area (Å²) in [6.45, 7) is 0.585. The molecule has 2 aromatic rings. The number of carbonyl (C=O) groups excluding carboxylic acids is 3. The summed E-state index contributed by atoms with van der Waals surface area (Å²) < 4.78 is 5.11. The summed E-state index contributed by atoms with van der Waals surface area (Å²) in [5.74, 6) is -0.741. The van der Waals surface area contributed by atoms with E-state index in [0.717, 1.165) is 11.1 Å². The van der Waals surface area contributed by atoms with Gasteiger partial charge in [0, 0.05) is 5.56 Å². The molecule has 0 aromatic heterocycles. The van der Waals surface area contributed by atoms with Crippen molar-refractivity contribution in [2.75, 3.05) is 13.7 Å². The van der Waals surface area contributed by atoms with Crippen molar-refractivity contribution in [3.63, 3.8) is 0 Å². The van der Waals surface area contributed by atoms with E-state index in [1.165, 1.54) is 14.0 Å². The largest absolute Gasteiger partial charge is 0.496 e. The van der Waals surface area contributed by atoms with Crippen molar-refractivity contribution < 1.29 is 29.3 Å². The summed E-state index contributed by atoms with van der Waals surface area (Å²) in [5.41, 5.74) is 2.27. The predicted octanol–water partition coefficient (Wildman–Crippen LogP) is 1.22. The number of nitrogens with one attached hydrogen (secondary N) is 1. The molecule has 0 aliphatic rings. The van der Waals surface area contributed by atoms with Gasteiger partial charge in [-0.2, -0.15) is 0 Å². The molecule has 2 aromatic carbocycles. The number of ether oxygens (including phenoxy) is 1. The zero-order chi connectivity index (χ0) is 20.0. The average Bonchev–Trinajstić information content (AvgIpc) is 2.70. The number of aldehydes is 1. The first-order valence-corrected chi connectivity index (χ1v) is 8.27. The molecule has 27 heavy (non-hydrogen) atoms. The molecule has 142 valence electrons. The van der Waals surface area contributed by atoms with Gasteiger partial charge in [0.05, 0.1) is 18.8 Å².